The summed E-state index contributed by atoms with van der Waals surface area (Å²) >= 11 is 0. The number of H-pyrrole nitrogens is 1. The van der Waals surface area contributed by atoms with E-state index in [9.17, 15) is 14.4 Å². The number of likely N-dealkylation sites (N-methyl/N-ethyl adjacent to an activating group) is 1. The number of carbonyl (C=O) groups is 3. The Hall–Kier alpha value is -2.31. The van der Waals surface area contributed by atoms with Crippen molar-refractivity contribution in [3.8, 4) is 0 Å². The maximum absolute atomic E-state index is 12.8. The van der Waals surface area contributed by atoms with Crippen molar-refractivity contribution in [3.63, 3.8) is 0 Å². The Kier molecular flexibility index (Phi) is 5.81. The van der Waals surface area contributed by atoms with Gasteiger partial charge in [-0.2, -0.15) is 0 Å². The number of ketones is 1. The molecule has 1 aromatic rings. The van der Waals surface area contributed by atoms with Crippen LogP contribution in [-0.2, 0) is 4.74 Å². The molecule has 2 N–H and O–H groups in total. The zero-order valence-electron chi connectivity index (χ0n) is 15.7. The number of hydrogen-bond donors (Lipinski definition) is 2. The fraction of sp³-hybridized carbons (Fsp3) is 0.588. The number of esters is 1. The van der Waals surface area contributed by atoms with Gasteiger partial charge in [-0.3, -0.25) is 4.79 Å². The van der Waals surface area contributed by atoms with Crippen LogP contribution >= 0.6 is 0 Å². The molecule has 0 fully saturated rings. The highest BCUT2D eigenvalue weighted by Gasteiger charge is 2.30. The molecule has 0 saturated heterocycles. The summed E-state index contributed by atoms with van der Waals surface area (Å²) in [5.41, 5.74) is 1.38. The average Bonchev–Trinajstić information content (AvgIpc) is 2.77. The molecule has 1 heterocycles. The van der Waals surface area contributed by atoms with Crippen molar-refractivity contribution < 1.29 is 19.1 Å². The first-order valence-corrected chi connectivity index (χ1v) is 7.77. The fourth-order valence-electron chi connectivity index (χ4n) is 2.40. The van der Waals surface area contributed by atoms with Crippen molar-refractivity contribution >= 4 is 17.8 Å². The number of hydrogen-bond acceptors (Lipinski definition) is 4. The fourth-order valence-corrected chi connectivity index (χ4v) is 2.40. The molecular weight excluding hydrogens is 310 g/mol. The van der Waals surface area contributed by atoms with Crippen LogP contribution < -0.4 is 5.32 Å². The Morgan fingerprint density at radius 1 is 1.21 bits per heavy atom. The molecule has 0 aliphatic carbocycles. The molecule has 0 aliphatic heterocycles. The molecule has 0 bridgehead atoms. The Labute approximate surface area is 142 Å². The molecule has 1 aromatic heterocycles. The Morgan fingerprint density at radius 2 is 1.75 bits per heavy atom. The molecule has 134 valence electrons. The van der Waals surface area contributed by atoms with Crippen LogP contribution in [0.15, 0.2) is 0 Å². The lowest BCUT2D eigenvalue weighted by Gasteiger charge is -2.29. The topological polar surface area (TPSA) is 91.5 Å². The molecule has 0 radical (unpaired) electrons. The first-order valence-electron chi connectivity index (χ1n) is 7.77. The number of urea groups is 1. The summed E-state index contributed by atoms with van der Waals surface area (Å²) in [6.45, 7) is 10.7. The molecule has 24 heavy (non-hydrogen) atoms. The zero-order valence-corrected chi connectivity index (χ0v) is 15.7. The average molecular weight is 337 g/mol. The van der Waals surface area contributed by atoms with Crippen molar-refractivity contribution in [2.75, 3.05) is 14.2 Å². The molecule has 0 aromatic carbocycles. The SMILES string of the molecule is COC(=O)c1[nH]c(C)c(C(=O)C(C)N(C)C(=O)NC(C)(C)C)c1C. The van der Waals surface area contributed by atoms with E-state index in [1.165, 1.54) is 12.0 Å². The summed E-state index contributed by atoms with van der Waals surface area (Å²) < 4.78 is 4.71. The summed E-state index contributed by atoms with van der Waals surface area (Å²) in [5, 5.41) is 2.82. The number of methoxy groups -OCH3 is 1. The summed E-state index contributed by atoms with van der Waals surface area (Å²) in [6.07, 6.45) is 0. The maximum atomic E-state index is 12.8. The van der Waals surface area contributed by atoms with E-state index < -0.39 is 17.6 Å². The number of amides is 2. The predicted molar refractivity (Wildman–Crippen MR) is 91.4 cm³/mol. The van der Waals surface area contributed by atoms with Crippen LogP contribution in [0.25, 0.3) is 0 Å². The Balaban J connectivity index is 3.08. The standard InChI is InChI=1S/C17H27N3O4/c1-9-12(10(2)18-13(9)15(22)24-8)14(21)11(3)20(7)16(23)19-17(4,5)6/h11,18H,1-8H3,(H,19,23). The van der Waals surface area contributed by atoms with Gasteiger partial charge >= 0.3 is 12.0 Å². The number of Topliss-reactive ketones (excluding diaryl/α,β-unsaturated/α-hetero) is 1. The third kappa shape index (κ3) is 4.15. The van der Waals surface area contributed by atoms with Crippen molar-refractivity contribution in [3.05, 3.63) is 22.5 Å². The van der Waals surface area contributed by atoms with Gasteiger partial charge in [0, 0.05) is 23.8 Å². The lowest BCUT2D eigenvalue weighted by Crippen LogP contribution is -2.51. The number of rotatable bonds is 4. The number of aryl methyl sites for hydroxylation is 1. The van der Waals surface area contributed by atoms with Crippen LogP contribution in [0, 0.1) is 13.8 Å². The Morgan fingerprint density at radius 3 is 2.21 bits per heavy atom. The zero-order chi connectivity index (χ0) is 18.8. The van der Waals surface area contributed by atoms with Gasteiger partial charge < -0.3 is 19.9 Å². The molecular formula is C17H27N3O4. The van der Waals surface area contributed by atoms with Gasteiger partial charge in [0.15, 0.2) is 5.78 Å². The highest BCUT2D eigenvalue weighted by Crippen LogP contribution is 2.21. The Bertz CT molecular complexity index is 656. The van der Waals surface area contributed by atoms with Crippen LogP contribution in [0.1, 0.15) is 59.8 Å². The maximum Gasteiger partial charge on any atom is 0.354 e. The second-order valence-corrected chi connectivity index (χ2v) is 6.95. The first kappa shape index (κ1) is 19.7. The van der Waals surface area contributed by atoms with Gasteiger partial charge in [0.05, 0.1) is 13.2 Å². The summed E-state index contributed by atoms with van der Waals surface area (Å²) in [7, 11) is 2.86. The molecule has 7 nitrogen and oxygen atoms in total. The molecule has 1 atom stereocenters. The number of aromatic nitrogens is 1. The van der Waals surface area contributed by atoms with Gasteiger partial charge in [-0.05, 0) is 47.1 Å². The van der Waals surface area contributed by atoms with E-state index in [0.29, 0.717) is 16.8 Å². The third-order valence-electron chi connectivity index (χ3n) is 3.84. The second-order valence-electron chi connectivity index (χ2n) is 6.95. The molecule has 0 aliphatic rings. The van der Waals surface area contributed by atoms with E-state index in [-0.39, 0.29) is 17.5 Å². The van der Waals surface area contributed by atoms with E-state index in [0.717, 1.165) is 0 Å². The minimum atomic E-state index is -0.675. The number of nitrogens with one attached hydrogen (secondary N) is 2. The lowest BCUT2D eigenvalue weighted by molar-refractivity contribution is 0.0593. The quantitative estimate of drug-likeness (QED) is 0.652. The smallest absolute Gasteiger partial charge is 0.354 e. The highest BCUT2D eigenvalue weighted by molar-refractivity contribution is 6.06. The third-order valence-corrected chi connectivity index (χ3v) is 3.84. The van der Waals surface area contributed by atoms with Crippen LogP contribution in [0.5, 0.6) is 0 Å². The number of carbonyl (C=O) groups excluding carboxylic acids is 3. The summed E-state index contributed by atoms with van der Waals surface area (Å²) in [5.74, 6) is -0.760. The van der Waals surface area contributed by atoms with Crippen molar-refractivity contribution in [1.29, 1.82) is 0 Å². The largest absolute Gasteiger partial charge is 0.464 e. The van der Waals surface area contributed by atoms with Gasteiger partial charge in [-0.15, -0.1) is 0 Å². The van der Waals surface area contributed by atoms with Crippen molar-refractivity contribution in [2.24, 2.45) is 0 Å². The minimum Gasteiger partial charge on any atom is -0.464 e. The van der Waals surface area contributed by atoms with Gasteiger partial charge in [0.1, 0.15) is 5.69 Å². The van der Waals surface area contributed by atoms with Crippen molar-refractivity contribution in [1.82, 2.24) is 15.2 Å². The number of nitrogens with zero attached hydrogens (tertiary/aromatic N) is 1. The second kappa shape index (κ2) is 7.07. The van der Waals surface area contributed by atoms with Gasteiger partial charge in [-0.1, -0.05) is 0 Å². The van der Waals surface area contributed by atoms with E-state index in [4.69, 9.17) is 4.74 Å². The number of aromatic amines is 1. The van der Waals surface area contributed by atoms with Crippen LogP contribution in [0.4, 0.5) is 4.79 Å². The number of ether oxygens (including phenoxy) is 1. The van der Waals surface area contributed by atoms with Crippen LogP contribution in [-0.4, -0.2) is 53.4 Å². The summed E-state index contributed by atoms with van der Waals surface area (Å²) in [4.78, 5) is 41.1. The van der Waals surface area contributed by atoms with Crippen LogP contribution in [0.2, 0.25) is 0 Å². The monoisotopic (exact) mass is 337 g/mol. The molecule has 7 heteroatoms. The molecule has 1 rings (SSSR count). The molecule has 2 amide bonds. The molecule has 0 saturated carbocycles. The summed E-state index contributed by atoms with van der Waals surface area (Å²) in [6, 6.07) is -1.01. The minimum absolute atomic E-state index is 0.233. The normalized spacial score (nSPS) is 12.5. The van der Waals surface area contributed by atoms with Gasteiger partial charge in [0.25, 0.3) is 0 Å². The first-order chi connectivity index (χ1) is 10.9. The van der Waals surface area contributed by atoms with Gasteiger partial charge in [-0.25, -0.2) is 9.59 Å². The van der Waals surface area contributed by atoms with E-state index >= 15 is 0 Å². The van der Waals surface area contributed by atoms with E-state index in [2.05, 4.69) is 10.3 Å². The highest BCUT2D eigenvalue weighted by atomic mass is 16.5. The van der Waals surface area contributed by atoms with Gasteiger partial charge in [0.2, 0.25) is 0 Å². The predicted octanol–water partition coefficient (Wildman–Crippen LogP) is 2.43. The van der Waals surface area contributed by atoms with Crippen LogP contribution in [0.3, 0.4) is 0 Å². The van der Waals surface area contributed by atoms with E-state index in [1.807, 2.05) is 20.8 Å². The molecule has 1 unspecified atom stereocenters. The van der Waals surface area contributed by atoms with E-state index in [1.54, 1.807) is 27.8 Å². The molecule has 0 spiro atoms. The lowest BCUT2D eigenvalue weighted by atomic mass is 10.00. The van der Waals surface area contributed by atoms with Crippen molar-refractivity contribution in [2.45, 2.75) is 53.1 Å².